The van der Waals surface area contributed by atoms with Crippen molar-refractivity contribution in [2.75, 3.05) is 21.3 Å². The number of nitrogens with zero attached hydrogens (tertiary/aromatic N) is 4. The first-order valence-corrected chi connectivity index (χ1v) is 9.31. The maximum absolute atomic E-state index is 6.50. The Hall–Kier alpha value is -3.21. The van der Waals surface area contributed by atoms with Crippen LogP contribution in [0.15, 0.2) is 36.4 Å². The van der Waals surface area contributed by atoms with E-state index in [1.807, 2.05) is 12.1 Å². The van der Waals surface area contributed by atoms with Gasteiger partial charge in [0.05, 0.1) is 21.3 Å². The van der Waals surface area contributed by atoms with Crippen LogP contribution in [0.2, 0.25) is 0 Å². The van der Waals surface area contributed by atoms with Crippen LogP contribution < -0.4 is 20.1 Å². The molecule has 0 fully saturated rings. The maximum Gasteiger partial charge on any atom is 0.235 e. The highest BCUT2D eigenvalue weighted by atomic mass is 32.1. The predicted molar refractivity (Wildman–Crippen MR) is 110 cm³/mol. The average Bonchev–Trinajstić information content (AvgIpc) is 3.35. The molecule has 2 heterocycles. The summed E-state index contributed by atoms with van der Waals surface area (Å²) in [6, 6.07) is 11.9. The number of hydrogen-bond acceptors (Lipinski definition) is 9. The Balaban J connectivity index is 0.00000117. The molecule has 4 aromatic rings. The minimum Gasteiger partial charge on any atom is -0.493 e. The Morgan fingerprint density at radius 1 is 0.897 bits per heavy atom. The Kier molecular flexibility index (Phi) is 6.27. The number of methoxy groups -OCH3 is 3. The van der Waals surface area contributed by atoms with E-state index in [1.165, 1.54) is 16.9 Å². The second-order valence-electron chi connectivity index (χ2n) is 5.91. The number of aromatic nitrogens is 4. The first kappa shape index (κ1) is 20.5. The van der Waals surface area contributed by atoms with Crippen LogP contribution in [0.25, 0.3) is 26.9 Å². The van der Waals surface area contributed by atoms with Crippen LogP contribution >= 0.6 is 11.3 Å². The van der Waals surface area contributed by atoms with Crippen molar-refractivity contribution >= 4 is 16.3 Å². The zero-order valence-electron chi connectivity index (χ0n) is 16.4. The molecule has 0 atom stereocenters. The van der Waals surface area contributed by atoms with Crippen LogP contribution in [0.4, 0.5) is 0 Å². The highest BCUT2D eigenvalue weighted by Gasteiger charge is 2.19. The normalized spacial score (nSPS) is 10.4. The van der Waals surface area contributed by atoms with Gasteiger partial charge < -0.3 is 19.4 Å². The zero-order valence-corrected chi connectivity index (χ0v) is 17.2. The molecule has 2 aromatic heterocycles. The monoisotopic (exact) mass is 415 g/mol. The molecular formula is C19H21N5O4S. The van der Waals surface area contributed by atoms with Gasteiger partial charge in [-0.3, -0.25) is 0 Å². The largest absolute Gasteiger partial charge is 0.493 e. The van der Waals surface area contributed by atoms with Gasteiger partial charge in [0.1, 0.15) is 5.01 Å². The summed E-state index contributed by atoms with van der Waals surface area (Å²) in [4.78, 5) is 0.717. The fourth-order valence-electron chi connectivity index (χ4n) is 2.82. The number of nitrogens with two attached hydrogens (primary N) is 1. The topological polar surface area (TPSA) is 117 Å². The first-order chi connectivity index (χ1) is 14.1. The van der Waals surface area contributed by atoms with Gasteiger partial charge in [0.15, 0.2) is 17.3 Å². The first-order valence-electron chi connectivity index (χ1n) is 8.50. The molecule has 0 unspecified atom stereocenters. The standard InChI is InChI=1S/C19H18N4O3S.H3NO/c1-11-5-7-12(8-6-11)18-22-23-17(20-21-19(23)27-18)13-9-14(24-2)16(26-4)15(10-13)25-3;1-2/h5-10H,1-4H3;2H,1H2. The Bertz CT molecular complexity index is 1080. The summed E-state index contributed by atoms with van der Waals surface area (Å²) in [5.74, 6) is 5.75. The van der Waals surface area contributed by atoms with Crippen molar-refractivity contribution in [3.05, 3.63) is 42.0 Å². The maximum atomic E-state index is 6.50. The van der Waals surface area contributed by atoms with Gasteiger partial charge in [-0.25, -0.2) is 5.90 Å². The lowest BCUT2D eigenvalue weighted by Crippen LogP contribution is -1.97. The highest BCUT2D eigenvalue weighted by Crippen LogP contribution is 2.41. The van der Waals surface area contributed by atoms with Crippen molar-refractivity contribution in [3.63, 3.8) is 0 Å². The Labute approximate surface area is 171 Å². The van der Waals surface area contributed by atoms with Crippen molar-refractivity contribution in [2.45, 2.75) is 6.92 Å². The molecule has 0 aliphatic heterocycles. The minimum absolute atomic E-state index is 0.531. The van der Waals surface area contributed by atoms with E-state index in [4.69, 9.17) is 24.5 Å². The van der Waals surface area contributed by atoms with Gasteiger partial charge in [-0.05, 0) is 19.1 Å². The van der Waals surface area contributed by atoms with Crippen LogP contribution in [0.3, 0.4) is 0 Å². The molecule has 0 spiro atoms. The molecule has 29 heavy (non-hydrogen) atoms. The molecule has 3 N–H and O–H groups in total. The lowest BCUT2D eigenvalue weighted by atomic mass is 10.1. The van der Waals surface area contributed by atoms with E-state index in [9.17, 15) is 0 Å². The molecule has 0 saturated carbocycles. The fraction of sp³-hybridized carbons (Fsp3) is 0.211. The molecule has 0 amide bonds. The number of rotatable bonds is 5. The summed E-state index contributed by atoms with van der Waals surface area (Å²) in [7, 11) is 4.74. The lowest BCUT2D eigenvalue weighted by Gasteiger charge is -2.13. The number of benzene rings is 2. The number of aryl methyl sites for hydroxylation is 1. The van der Waals surface area contributed by atoms with E-state index in [-0.39, 0.29) is 0 Å². The van der Waals surface area contributed by atoms with Crippen LogP contribution in [-0.4, -0.2) is 46.3 Å². The summed E-state index contributed by atoms with van der Waals surface area (Å²) in [6.07, 6.45) is 0. The summed E-state index contributed by atoms with van der Waals surface area (Å²) >= 11 is 1.49. The summed E-state index contributed by atoms with van der Waals surface area (Å²) < 4.78 is 18.0. The van der Waals surface area contributed by atoms with Gasteiger partial charge in [0.25, 0.3) is 0 Å². The van der Waals surface area contributed by atoms with Gasteiger partial charge in [-0.15, -0.1) is 10.2 Å². The van der Waals surface area contributed by atoms with Crippen molar-refractivity contribution in [1.29, 1.82) is 0 Å². The van der Waals surface area contributed by atoms with Gasteiger partial charge in [-0.2, -0.15) is 9.61 Å². The second kappa shape index (κ2) is 8.86. The molecule has 0 bridgehead atoms. The van der Waals surface area contributed by atoms with Crippen LogP contribution in [-0.2, 0) is 0 Å². The summed E-state index contributed by atoms with van der Waals surface area (Å²) in [5.41, 5.74) is 3.03. The van der Waals surface area contributed by atoms with Crippen molar-refractivity contribution in [1.82, 2.24) is 19.8 Å². The molecule has 152 valence electrons. The quantitative estimate of drug-likeness (QED) is 0.477. The van der Waals surface area contributed by atoms with Gasteiger partial charge >= 0.3 is 0 Å². The summed E-state index contributed by atoms with van der Waals surface area (Å²) in [6.45, 7) is 2.06. The molecular weight excluding hydrogens is 394 g/mol. The molecule has 10 heteroatoms. The van der Waals surface area contributed by atoms with E-state index in [0.29, 0.717) is 28.0 Å². The number of fused-ring (bicyclic) bond motifs is 1. The van der Waals surface area contributed by atoms with E-state index in [2.05, 4.69) is 47.3 Å². The van der Waals surface area contributed by atoms with E-state index < -0.39 is 0 Å². The Morgan fingerprint density at radius 2 is 1.52 bits per heavy atom. The summed E-state index contributed by atoms with van der Waals surface area (Å²) in [5, 5.41) is 20.6. The Morgan fingerprint density at radius 3 is 2.07 bits per heavy atom. The molecule has 4 rings (SSSR count). The van der Waals surface area contributed by atoms with E-state index in [0.717, 1.165) is 16.1 Å². The molecule has 0 aliphatic rings. The molecule has 2 aromatic carbocycles. The van der Waals surface area contributed by atoms with Crippen LogP contribution in [0, 0.1) is 6.92 Å². The molecule has 0 aliphatic carbocycles. The van der Waals surface area contributed by atoms with Gasteiger partial charge in [0.2, 0.25) is 10.7 Å². The van der Waals surface area contributed by atoms with E-state index >= 15 is 0 Å². The van der Waals surface area contributed by atoms with Crippen molar-refractivity contribution in [2.24, 2.45) is 5.90 Å². The minimum atomic E-state index is 0.531. The third-order valence-electron chi connectivity index (χ3n) is 4.21. The second-order valence-corrected chi connectivity index (χ2v) is 6.86. The SMILES string of the molecule is COc1cc(-c2nnc3sc(-c4ccc(C)cc4)nn23)cc(OC)c1OC.NO. The third-order valence-corrected chi connectivity index (χ3v) is 5.16. The smallest absolute Gasteiger partial charge is 0.235 e. The molecule has 9 nitrogen and oxygen atoms in total. The zero-order chi connectivity index (χ0) is 21.0. The average molecular weight is 415 g/mol. The van der Waals surface area contributed by atoms with Gasteiger partial charge in [0, 0.05) is 11.1 Å². The molecule has 0 radical (unpaired) electrons. The van der Waals surface area contributed by atoms with Crippen molar-refractivity contribution < 1.29 is 19.4 Å². The number of hydrogen-bond donors (Lipinski definition) is 2. The lowest BCUT2D eigenvalue weighted by molar-refractivity contribution is 0.311. The highest BCUT2D eigenvalue weighted by molar-refractivity contribution is 7.19. The van der Waals surface area contributed by atoms with Crippen LogP contribution in [0.5, 0.6) is 17.2 Å². The molecule has 0 saturated heterocycles. The van der Waals surface area contributed by atoms with E-state index in [1.54, 1.807) is 25.8 Å². The van der Waals surface area contributed by atoms with Gasteiger partial charge in [-0.1, -0.05) is 41.2 Å². The number of ether oxygens (including phenoxy) is 3. The van der Waals surface area contributed by atoms with Crippen molar-refractivity contribution in [3.8, 4) is 39.2 Å². The predicted octanol–water partition coefficient (Wildman–Crippen LogP) is 3.19. The fourth-order valence-corrected chi connectivity index (χ4v) is 3.66. The third kappa shape index (κ3) is 3.86. The van der Waals surface area contributed by atoms with Crippen LogP contribution in [0.1, 0.15) is 5.56 Å².